The zero-order valence-electron chi connectivity index (χ0n) is 9.61. The van der Waals surface area contributed by atoms with Gasteiger partial charge in [0.2, 0.25) is 0 Å². The largest absolute Gasteiger partial charge is 0.497 e. The number of aliphatic hydroxyl groups excluding tert-OH is 1. The Morgan fingerprint density at radius 1 is 1.35 bits per heavy atom. The van der Waals surface area contributed by atoms with Crippen LogP contribution in [0.3, 0.4) is 0 Å². The maximum absolute atomic E-state index is 10.3. The van der Waals surface area contributed by atoms with Crippen LogP contribution < -0.4 is 4.74 Å². The van der Waals surface area contributed by atoms with Crippen molar-refractivity contribution in [1.29, 1.82) is 0 Å². The lowest BCUT2D eigenvalue weighted by atomic mass is 10.0. The maximum Gasteiger partial charge on any atom is 0.119 e. The Kier molecular flexibility index (Phi) is 3.86. The van der Waals surface area contributed by atoms with Crippen molar-refractivity contribution in [2.24, 2.45) is 0 Å². The van der Waals surface area contributed by atoms with E-state index in [1.165, 1.54) is 0 Å². The highest BCUT2D eigenvalue weighted by Crippen LogP contribution is 2.32. The van der Waals surface area contributed by atoms with Crippen LogP contribution in [0, 0.1) is 6.92 Å². The summed E-state index contributed by atoms with van der Waals surface area (Å²) < 4.78 is 6.16. The van der Waals surface area contributed by atoms with E-state index in [4.69, 9.17) is 4.74 Å². The van der Waals surface area contributed by atoms with Crippen molar-refractivity contribution >= 4 is 27.3 Å². The number of aryl methyl sites for hydroxylation is 1. The Morgan fingerprint density at radius 2 is 2.12 bits per heavy atom. The summed E-state index contributed by atoms with van der Waals surface area (Å²) >= 11 is 4.94. The summed E-state index contributed by atoms with van der Waals surface area (Å²) in [5, 5.41) is 12.3. The highest BCUT2D eigenvalue weighted by molar-refractivity contribution is 9.10. The van der Waals surface area contributed by atoms with Gasteiger partial charge < -0.3 is 9.84 Å². The lowest BCUT2D eigenvalue weighted by Gasteiger charge is -2.13. The fourth-order valence-electron chi connectivity index (χ4n) is 1.71. The van der Waals surface area contributed by atoms with E-state index < -0.39 is 6.10 Å². The monoisotopic (exact) mass is 312 g/mol. The molecule has 0 saturated heterocycles. The summed E-state index contributed by atoms with van der Waals surface area (Å²) in [5.41, 5.74) is 1.95. The van der Waals surface area contributed by atoms with E-state index in [0.717, 1.165) is 26.2 Å². The molecule has 17 heavy (non-hydrogen) atoms. The molecule has 2 aromatic rings. The van der Waals surface area contributed by atoms with Crippen molar-refractivity contribution in [2.75, 3.05) is 7.11 Å². The van der Waals surface area contributed by atoms with E-state index in [9.17, 15) is 5.11 Å². The van der Waals surface area contributed by atoms with Crippen LogP contribution >= 0.6 is 27.3 Å². The second-order valence-electron chi connectivity index (χ2n) is 3.79. The Hall–Kier alpha value is -0.840. The summed E-state index contributed by atoms with van der Waals surface area (Å²) in [7, 11) is 1.64. The lowest BCUT2D eigenvalue weighted by Crippen LogP contribution is -2.00. The van der Waals surface area contributed by atoms with Gasteiger partial charge in [-0.2, -0.15) is 0 Å². The molecule has 0 fully saturated rings. The second-order valence-corrected chi connectivity index (χ2v) is 5.65. The van der Waals surface area contributed by atoms with Crippen LogP contribution in [0.5, 0.6) is 5.75 Å². The van der Waals surface area contributed by atoms with Gasteiger partial charge in [0, 0.05) is 14.7 Å². The molecule has 0 aliphatic rings. The van der Waals surface area contributed by atoms with E-state index in [1.54, 1.807) is 18.4 Å². The van der Waals surface area contributed by atoms with Crippen molar-refractivity contribution < 1.29 is 9.84 Å². The Labute approximate surface area is 113 Å². The number of ether oxygens (including phenoxy) is 1. The van der Waals surface area contributed by atoms with Gasteiger partial charge in [-0.05, 0) is 52.2 Å². The predicted octanol–water partition coefficient (Wildman–Crippen LogP) is 3.91. The van der Waals surface area contributed by atoms with Gasteiger partial charge in [-0.15, -0.1) is 11.3 Å². The van der Waals surface area contributed by atoms with E-state index in [1.807, 2.05) is 36.6 Å². The Bertz CT molecular complexity index is 522. The fraction of sp³-hybridized carbons (Fsp3) is 0.231. The topological polar surface area (TPSA) is 29.5 Å². The molecule has 90 valence electrons. The number of methoxy groups -OCH3 is 1. The van der Waals surface area contributed by atoms with Crippen LogP contribution in [0.15, 0.2) is 34.1 Å². The van der Waals surface area contributed by atoms with Gasteiger partial charge in [-0.25, -0.2) is 0 Å². The molecule has 0 bridgehead atoms. The van der Waals surface area contributed by atoms with Crippen LogP contribution in [0.4, 0.5) is 0 Å². The summed E-state index contributed by atoms with van der Waals surface area (Å²) in [4.78, 5) is 0.935. The van der Waals surface area contributed by atoms with E-state index in [0.29, 0.717) is 0 Å². The van der Waals surface area contributed by atoms with E-state index in [2.05, 4.69) is 15.9 Å². The first-order valence-corrected chi connectivity index (χ1v) is 6.85. The summed E-state index contributed by atoms with van der Waals surface area (Å²) in [5.74, 6) is 0.811. The third-order valence-electron chi connectivity index (χ3n) is 2.63. The molecule has 1 unspecified atom stereocenters. The van der Waals surface area contributed by atoms with Crippen molar-refractivity contribution in [1.82, 2.24) is 0 Å². The molecular weight excluding hydrogens is 300 g/mol. The zero-order chi connectivity index (χ0) is 12.4. The molecule has 0 amide bonds. The average molecular weight is 313 g/mol. The second kappa shape index (κ2) is 5.21. The van der Waals surface area contributed by atoms with Crippen molar-refractivity contribution in [3.05, 3.63) is 50.1 Å². The Morgan fingerprint density at radius 3 is 2.65 bits per heavy atom. The van der Waals surface area contributed by atoms with Crippen LogP contribution in [0.2, 0.25) is 0 Å². The van der Waals surface area contributed by atoms with Crippen molar-refractivity contribution in [3.8, 4) is 5.75 Å². The third-order valence-corrected chi connectivity index (χ3v) is 4.37. The first kappa shape index (κ1) is 12.6. The van der Waals surface area contributed by atoms with Crippen LogP contribution in [-0.2, 0) is 0 Å². The molecular formula is C13H13BrO2S. The molecule has 2 nitrogen and oxygen atoms in total. The van der Waals surface area contributed by atoms with Crippen LogP contribution in [0.1, 0.15) is 22.1 Å². The number of rotatable bonds is 3. The minimum absolute atomic E-state index is 0.572. The molecule has 1 heterocycles. The van der Waals surface area contributed by atoms with Gasteiger partial charge in [0.05, 0.1) is 7.11 Å². The van der Waals surface area contributed by atoms with Crippen LogP contribution in [0.25, 0.3) is 0 Å². The van der Waals surface area contributed by atoms with E-state index >= 15 is 0 Å². The average Bonchev–Trinajstić information content (AvgIpc) is 2.75. The van der Waals surface area contributed by atoms with Crippen molar-refractivity contribution in [3.63, 3.8) is 0 Å². The first-order valence-electron chi connectivity index (χ1n) is 5.18. The molecule has 1 aromatic carbocycles. The molecule has 0 spiro atoms. The quantitative estimate of drug-likeness (QED) is 0.931. The van der Waals surface area contributed by atoms with Gasteiger partial charge >= 0.3 is 0 Å². The van der Waals surface area contributed by atoms with Gasteiger partial charge in [-0.1, -0.05) is 6.07 Å². The molecule has 1 atom stereocenters. The highest BCUT2D eigenvalue weighted by atomic mass is 79.9. The minimum Gasteiger partial charge on any atom is -0.497 e. The molecule has 2 rings (SSSR count). The molecule has 0 saturated carbocycles. The van der Waals surface area contributed by atoms with Gasteiger partial charge in [0.15, 0.2) is 0 Å². The van der Waals surface area contributed by atoms with Crippen LogP contribution in [-0.4, -0.2) is 12.2 Å². The molecule has 0 aliphatic heterocycles. The van der Waals surface area contributed by atoms with Crippen molar-refractivity contribution in [2.45, 2.75) is 13.0 Å². The van der Waals surface area contributed by atoms with E-state index in [-0.39, 0.29) is 0 Å². The number of hydrogen-bond acceptors (Lipinski definition) is 3. The standard InChI is InChI=1S/C13H13BrO2S/c1-8-5-10(16-2)3-4-11(8)13(15)12-6-9(14)7-17-12/h3-7,13,15H,1-2H3. The normalized spacial score (nSPS) is 12.5. The summed E-state index contributed by atoms with van der Waals surface area (Å²) in [6.45, 7) is 1.98. The third kappa shape index (κ3) is 2.70. The first-order chi connectivity index (χ1) is 8.11. The van der Waals surface area contributed by atoms with Gasteiger partial charge in [-0.3, -0.25) is 0 Å². The molecule has 4 heteroatoms. The highest BCUT2D eigenvalue weighted by Gasteiger charge is 2.15. The number of halogens is 1. The zero-order valence-corrected chi connectivity index (χ0v) is 12.0. The number of aliphatic hydroxyl groups is 1. The molecule has 1 N–H and O–H groups in total. The van der Waals surface area contributed by atoms with Gasteiger partial charge in [0.1, 0.15) is 11.9 Å². The smallest absolute Gasteiger partial charge is 0.119 e. The SMILES string of the molecule is COc1ccc(C(O)c2cc(Br)cs2)c(C)c1. The number of benzene rings is 1. The number of thiophene rings is 1. The number of hydrogen-bond donors (Lipinski definition) is 1. The molecule has 0 radical (unpaired) electrons. The Balaban J connectivity index is 2.34. The lowest BCUT2D eigenvalue weighted by molar-refractivity contribution is 0.223. The van der Waals surface area contributed by atoms with Gasteiger partial charge in [0.25, 0.3) is 0 Å². The molecule has 1 aromatic heterocycles. The predicted molar refractivity (Wildman–Crippen MR) is 73.8 cm³/mol. The maximum atomic E-state index is 10.3. The molecule has 0 aliphatic carbocycles. The fourth-order valence-corrected chi connectivity index (χ4v) is 3.15. The summed E-state index contributed by atoms with van der Waals surface area (Å²) in [6.07, 6.45) is -0.572. The summed E-state index contributed by atoms with van der Waals surface area (Å²) in [6, 6.07) is 7.65. The minimum atomic E-state index is -0.572.